The van der Waals surface area contributed by atoms with E-state index in [1.54, 1.807) is 12.1 Å². The van der Waals surface area contributed by atoms with Crippen LogP contribution in [0.5, 0.6) is 0 Å². The van der Waals surface area contributed by atoms with Gasteiger partial charge in [0, 0.05) is 12.1 Å². The lowest BCUT2D eigenvalue weighted by molar-refractivity contribution is 0.0756. The highest BCUT2D eigenvalue weighted by Crippen LogP contribution is 2.39. The number of fused-ring (bicyclic) bond motifs is 2. The highest BCUT2D eigenvalue weighted by Gasteiger charge is 2.40. The Labute approximate surface area is 137 Å². The summed E-state index contributed by atoms with van der Waals surface area (Å²) in [6.45, 7) is 0. The molecule has 0 aromatic heterocycles. The summed E-state index contributed by atoms with van der Waals surface area (Å²) >= 11 is 6.10. The quantitative estimate of drug-likeness (QED) is 0.874. The van der Waals surface area contributed by atoms with Crippen LogP contribution in [0.3, 0.4) is 0 Å². The molecular weight excluding hydrogens is 307 g/mol. The summed E-state index contributed by atoms with van der Waals surface area (Å²) in [6, 6.07) is 7.80. The Morgan fingerprint density at radius 3 is 2.43 bits per heavy atom. The highest BCUT2D eigenvalue weighted by molar-refractivity contribution is 6.33. The van der Waals surface area contributed by atoms with E-state index in [0.29, 0.717) is 28.5 Å². The van der Waals surface area contributed by atoms with Crippen LogP contribution < -0.4 is 11.1 Å². The number of amides is 1. The van der Waals surface area contributed by atoms with E-state index < -0.39 is 0 Å². The Kier molecular flexibility index (Phi) is 5.53. The molecule has 1 aromatic rings. The van der Waals surface area contributed by atoms with Crippen LogP contribution >= 0.6 is 24.0 Å². The Hall–Kier alpha value is -0.770. The van der Waals surface area contributed by atoms with Crippen LogP contribution in [0.15, 0.2) is 24.3 Å². The third kappa shape index (κ3) is 3.53. The molecule has 21 heavy (non-hydrogen) atoms. The molecule has 3 nitrogen and oxygen atoms in total. The summed E-state index contributed by atoms with van der Waals surface area (Å²) in [5, 5.41) is 3.74. The number of hydrogen-bond donors (Lipinski definition) is 2. The van der Waals surface area contributed by atoms with Gasteiger partial charge in [-0.15, -0.1) is 12.4 Å². The summed E-state index contributed by atoms with van der Waals surface area (Å²) in [4.78, 5) is 12.4. The second-order valence-electron chi connectivity index (χ2n) is 6.16. The molecule has 2 saturated carbocycles. The van der Waals surface area contributed by atoms with E-state index in [4.69, 9.17) is 17.3 Å². The SMILES string of the molecule is Cl.NC1CC2CCCC(C1)C2NC(=O)c1ccccc1Cl. The van der Waals surface area contributed by atoms with Crippen molar-refractivity contribution in [2.24, 2.45) is 17.6 Å². The number of nitrogens with two attached hydrogens (primary N) is 1. The van der Waals surface area contributed by atoms with E-state index in [2.05, 4.69) is 5.32 Å². The molecule has 2 atom stereocenters. The lowest BCUT2D eigenvalue weighted by Gasteiger charge is -2.45. The Morgan fingerprint density at radius 1 is 1.19 bits per heavy atom. The van der Waals surface area contributed by atoms with Crippen LogP contribution in [0.25, 0.3) is 0 Å². The van der Waals surface area contributed by atoms with Gasteiger partial charge in [0.05, 0.1) is 10.6 Å². The van der Waals surface area contributed by atoms with Crippen molar-refractivity contribution >= 4 is 29.9 Å². The van der Waals surface area contributed by atoms with Gasteiger partial charge in [0.15, 0.2) is 0 Å². The Bertz CT molecular complexity index is 495. The Balaban J connectivity index is 0.00000161. The van der Waals surface area contributed by atoms with Gasteiger partial charge >= 0.3 is 0 Å². The molecule has 1 amide bonds. The number of nitrogens with one attached hydrogen (secondary N) is 1. The maximum atomic E-state index is 12.4. The predicted octanol–water partition coefficient (Wildman–Crippen LogP) is 3.40. The van der Waals surface area contributed by atoms with Crippen molar-refractivity contribution in [2.45, 2.75) is 44.2 Å². The van der Waals surface area contributed by atoms with Gasteiger partial charge in [-0.2, -0.15) is 0 Å². The second-order valence-corrected chi connectivity index (χ2v) is 6.57. The van der Waals surface area contributed by atoms with Crippen LogP contribution in [-0.2, 0) is 0 Å². The van der Waals surface area contributed by atoms with Crippen molar-refractivity contribution in [3.63, 3.8) is 0 Å². The molecule has 3 N–H and O–H groups in total. The van der Waals surface area contributed by atoms with Gasteiger partial charge in [-0.1, -0.05) is 30.2 Å². The van der Waals surface area contributed by atoms with Gasteiger partial charge in [0.1, 0.15) is 0 Å². The van der Waals surface area contributed by atoms with Crippen LogP contribution in [0.4, 0.5) is 0 Å². The van der Waals surface area contributed by atoms with Crippen LogP contribution in [-0.4, -0.2) is 18.0 Å². The molecule has 2 aliphatic rings. The normalized spacial score (nSPS) is 31.1. The van der Waals surface area contributed by atoms with Crippen molar-refractivity contribution in [3.8, 4) is 0 Å². The molecule has 116 valence electrons. The summed E-state index contributed by atoms with van der Waals surface area (Å²) in [7, 11) is 0. The largest absolute Gasteiger partial charge is 0.349 e. The lowest BCUT2D eigenvalue weighted by atomic mass is 9.67. The standard InChI is InChI=1S/C16H21ClN2O.ClH/c17-14-7-2-1-6-13(14)16(20)19-15-10-4-3-5-11(15)9-12(18)8-10;/h1-2,6-7,10-12,15H,3-5,8-9,18H2,(H,19,20);1H. The molecular formula is C16H22Cl2N2O. The smallest absolute Gasteiger partial charge is 0.253 e. The third-order valence-corrected chi connectivity index (χ3v) is 5.12. The first-order chi connectivity index (χ1) is 9.65. The molecule has 2 aliphatic carbocycles. The van der Waals surface area contributed by atoms with Crippen LogP contribution in [0, 0.1) is 11.8 Å². The van der Waals surface area contributed by atoms with Gasteiger partial charge in [0.2, 0.25) is 0 Å². The number of benzene rings is 1. The van der Waals surface area contributed by atoms with Crippen molar-refractivity contribution in [2.75, 3.05) is 0 Å². The fraction of sp³-hybridized carbons (Fsp3) is 0.562. The minimum absolute atomic E-state index is 0. The molecule has 5 heteroatoms. The fourth-order valence-corrected chi connectivity index (χ4v) is 4.12. The van der Waals surface area contributed by atoms with E-state index in [1.807, 2.05) is 12.1 Å². The van der Waals surface area contributed by atoms with Gasteiger partial charge in [-0.05, 0) is 49.7 Å². The maximum Gasteiger partial charge on any atom is 0.253 e. The van der Waals surface area contributed by atoms with E-state index in [9.17, 15) is 4.79 Å². The molecule has 2 bridgehead atoms. The van der Waals surface area contributed by atoms with Gasteiger partial charge in [0.25, 0.3) is 5.91 Å². The van der Waals surface area contributed by atoms with Crippen molar-refractivity contribution < 1.29 is 4.79 Å². The number of hydrogen-bond acceptors (Lipinski definition) is 2. The first kappa shape index (κ1) is 16.6. The summed E-state index contributed by atoms with van der Waals surface area (Å²) in [5.41, 5.74) is 6.69. The minimum atomic E-state index is -0.0482. The molecule has 0 aliphatic heterocycles. The first-order valence-electron chi connectivity index (χ1n) is 7.46. The maximum absolute atomic E-state index is 12.4. The summed E-state index contributed by atoms with van der Waals surface area (Å²) < 4.78 is 0. The van der Waals surface area contributed by atoms with Crippen LogP contribution in [0.1, 0.15) is 42.5 Å². The zero-order valence-electron chi connectivity index (χ0n) is 11.9. The lowest BCUT2D eigenvalue weighted by Crippen LogP contribution is -2.53. The van der Waals surface area contributed by atoms with E-state index >= 15 is 0 Å². The van der Waals surface area contributed by atoms with Gasteiger partial charge < -0.3 is 11.1 Å². The van der Waals surface area contributed by atoms with Crippen molar-refractivity contribution in [1.29, 1.82) is 0 Å². The summed E-state index contributed by atoms with van der Waals surface area (Å²) in [6.07, 6.45) is 5.68. The number of halogens is 2. The zero-order chi connectivity index (χ0) is 14.1. The number of carbonyl (C=O) groups is 1. The van der Waals surface area contributed by atoms with Gasteiger partial charge in [-0.25, -0.2) is 0 Å². The molecule has 0 spiro atoms. The van der Waals surface area contributed by atoms with Crippen LogP contribution in [0.2, 0.25) is 5.02 Å². The Morgan fingerprint density at radius 2 is 1.81 bits per heavy atom. The third-order valence-electron chi connectivity index (χ3n) is 4.79. The topological polar surface area (TPSA) is 55.1 Å². The zero-order valence-corrected chi connectivity index (χ0v) is 13.5. The summed E-state index contributed by atoms with van der Waals surface area (Å²) in [5.74, 6) is 1.01. The number of carbonyl (C=O) groups excluding carboxylic acids is 1. The van der Waals surface area contributed by atoms with Crippen molar-refractivity contribution in [1.82, 2.24) is 5.32 Å². The average molecular weight is 329 g/mol. The van der Waals surface area contributed by atoms with E-state index in [0.717, 1.165) is 12.8 Å². The molecule has 2 unspecified atom stereocenters. The molecule has 1 aromatic carbocycles. The molecule has 0 radical (unpaired) electrons. The monoisotopic (exact) mass is 328 g/mol. The minimum Gasteiger partial charge on any atom is -0.349 e. The molecule has 3 rings (SSSR count). The number of rotatable bonds is 2. The first-order valence-corrected chi connectivity index (χ1v) is 7.84. The van der Waals surface area contributed by atoms with Crippen molar-refractivity contribution in [3.05, 3.63) is 34.9 Å². The molecule has 0 saturated heterocycles. The van der Waals surface area contributed by atoms with E-state index in [1.165, 1.54) is 19.3 Å². The highest BCUT2D eigenvalue weighted by atomic mass is 35.5. The van der Waals surface area contributed by atoms with E-state index in [-0.39, 0.29) is 24.4 Å². The second kappa shape index (κ2) is 6.99. The molecule has 2 fully saturated rings. The fourth-order valence-electron chi connectivity index (χ4n) is 3.90. The predicted molar refractivity (Wildman–Crippen MR) is 88.0 cm³/mol. The average Bonchev–Trinajstić information content (AvgIpc) is 2.40. The molecule has 0 heterocycles. The van der Waals surface area contributed by atoms with Gasteiger partial charge in [-0.3, -0.25) is 4.79 Å².